The van der Waals surface area contributed by atoms with E-state index >= 15 is 0 Å². The minimum absolute atomic E-state index is 0.510. The van der Waals surface area contributed by atoms with E-state index in [0.717, 1.165) is 17.8 Å². The normalized spacial score (nSPS) is 29.8. The van der Waals surface area contributed by atoms with Gasteiger partial charge in [0.2, 0.25) is 0 Å². The summed E-state index contributed by atoms with van der Waals surface area (Å²) in [6.45, 7) is 11.2. The first-order chi connectivity index (χ1) is 10.1. The summed E-state index contributed by atoms with van der Waals surface area (Å²) >= 11 is 0. The van der Waals surface area contributed by atoms with Crippen LogP contribution in [-0.2, 0) is 0 Å². The Hall–Kier alpha value is -0.300. The van der Waals surface area contributed by atoms with Crippen molar-refractivity contribution in [1.29, 1.82) is 0 Å². The molecule has 4 unspecified atom stereocenters. The van der Waals surface area contributed by atoms with Crippen molar-refractivity contribution in [1.82, 2.24) is 5.32 Å². The number of rotatable bonds is 6. The van der Waals surface area contributed by atoms with E-state index in [0.29, 0.717) is 6.04 Å². The van der Waals surface area contributed by atoms with Gasteiger partial charge in [-0.25, -0.2) is 0 Å². The molecule has 0 saturated heterocycles. The molecule has 1 saturated carbocycles. The number of nitrogens with one attached hydrogen (secondary N) is 1. The van der Waals surface area contributed by atoms with Crippen LogP contribution in [0.2, 0.25) is 0 Å². The van der Waals surface area contributed by atoms with Crippen molar-refractivity contribution >= 4 is 0 Å². The molecule has 0 bridgehead atoms. The van der Waals surface area contributed by atoms with E-state index in [2.05, 4.69) is 39.7 Å². The van der Waals surface area contributed by atoms with Gasteiger partial charge in [0, 0.05) is 6.04 Å². The number of hydrogen-bond donors (Lipinski definition) is 1. The molecule has 0 aromatic heterocycles. The summed E-state index contributed by atoms with van der Waals surface area (Å²) in [5.41, 5.74) is 1.29. The summed E-state index contributed by atoms with van der Waals surface area (Å²) in [7, 11) is 2.07. The Morgan fingerprint density at radius 2 is 1.81 bits per heavy atom. The Labute approximate surface area is 134 Å². The Balaban J connectivity index is 2.49. The lowest BCUT2D eigenvalue weighted by molar-refractivity contribution is 0.248. The highest BCUT2D eigenvalue weighted by Gasteiger charge is 2.20. The van der Waals surface area contributed by atoms with Gasteiger partial charge in [-0.3, -0.25) is 0 Å². The van der Waals surface area contributed by atoms with Crippen LogP contribution in [0.4, 0.5) is 0 Å². The fourth-order valence-electron chi connectivity index (χ4n) is 4.09. The van der Waals surface area contributed by atoms with Crippen molar-refractivity contribution in [3.05, 3.63) is 12.2 Å². The molecule has 1 N–H and O–H groups in total. The van der Waals surface area contributed by atoms with E-state index < -0.39 is 0 Å². The van der Waals surface area contributed by atoms with Gasteiger partial charge in [-0.15, -0.1) is 0 Å². The van der Waals surface area contributed by atoms with Gasteiger partial charge in [0.05, 0.1) is 0 Å². The van der Waals surface area contributed by atoms with Gasteiger partial charge in [-0.2, -0.15) is 0 Å². The van der Waals surface area contributed by atoms with Crippen LogP contribution in [0.1, 0.15) is 85.0 Å². The summed E-state index contributed by atoms with van der Waals surface area (Å²) in [4.78, 5) is 0. The molecule has 21 heavy (non-hydrogen) atoms. The van der Waals surface area contributed by atoms with Gasteiger partial charge in [-0.1, -0.05) is 77.4 Å². The Bertz CT molecular complexity index is 284. The first-order valence-electron chi connectivity index (χ1n) is 9.41. The lowest BCUT2D eigenvalue weighted by Gasteiger charge is -2.28. The summed E-state index contributed by atoms with van der Waals surface area (Å²) in [6, 6.07) is 0.510. The van der Waals surface area contributed by atoms with Crippen molar-refractivity contribution in [2.45, 2.75) is 91.0 Å². The fourth-order valence-corrected chi connectivity index (χ4v) is 4.09. The van der Waals surface area contributed by atoms with E-state index in [9.17, 15) is 0 Å². The van der Waals surface area contributed by atoms with Crippen LogP contribution < -0.4 is 5.32 Å². The first kappa shape index (κ1) is 18.7. The molecule has 0 spiro atoms. The smallest absolute Gasteiger partial charge is 0.0271 e. The van der Waals surface area contributed by atoms with Crippen molar-refractivity contribution in [2.24, 2.45) is 17.8 Å². The molecule has 1 aliphatic carbocycles. The zero-order valence-corrected chi connectivity index (χ0v) is 15.1. The summed E-state index contributed by atoms with van der Waals surface area (Å²) in [5.74, 6) is 2.83. The maximum Gasteiger partial charge on any atom is 0.0271 e. The van der Waals surface area contributed by atoms with E-state index in [-0.39, 0.29) is 0 Å². The Morgan fingerprint density at radius 3 is 2.43 bits per heavy atom. The van der Waals surface area contributed by atoms with Gasteiger partial charge >= 0.3 is 0 Å². The van der Waals surface area contributed by atoms with Crippen LogP contribution in [0.5, 0.6) is 0 Å². The van der Waals surface area contributed by atoms with E-state index in [1.807, 2.05) is 0 Å². The maximum atomic E-state index is 4.13. The van der Waals surface area contributed by atoms with Gasteiger partial charge in [0.15, 0.2) is 0 Å². The highest BCUT2D eigenvalue weighted by atomic mass is 14.9. The molecule has 1 rings (SSSR count). The van der Waals surface area contributed by atoms with Crippen LogP contribution >= 0.6 is 0 Å². The second-order valence-corrected chi connectivity index (χ2v) is 7.49. The second kappa shape index (κ2) is 10.4. The van der Waals surface area contributed by atoms with Gasteiger partial charge in [0.25, 0.3) is 0 Å². The van der Waals surface area contributed by atoms with Gasteiger partial charge in [-0.05, 0) is 44.6 Å². The van der Waals surface area contributed by atoms with Crippen LogP contribution in [0, 0.1) is 17.8 Å². The summed E-state index contributed by atoms with van der Waals surface area (Å²) in [5, 5.41) is 3.42. The molecule has 1 nitrogen and oxygen atoms in total. The first-order valence-corrected chi connectivity index (χ1v) is 9.41. The average Bonchev–Trinajstić information content (AvgIpc) is 2.47. The minimum Gasteiger partial charge on any atom is -0.313 e. The molecule has 1 fully saturated rings. The Kier molecular flexibility index (Phi) is 9.31. The summed E-state index contributed by atoms with van der Waals surface area (Å²) in [6.07, 6.45) is 14.2. The maximum absolute atomic E-state index is 4.13. The molecule has 0 amide bonds. The number of likely N-dealkylation sites (N-methyl/N-ethyl adjacent to an activating group) is 1. The third-order valence-corrected chi connectivity index (χ3v) is 5.86. The largest absolute Gasteiger partial charge is 0.313 e. The van der Waals surface area contributed by atoms with Crippen molar-refractivity contribution < 1.29 is 0 Å². The SMILES string of the molecule is C=C(C)C(CCC1CCCC(CC)CCCCC1C)NC. The lowest BCUT2D eigenvalue weighted by atomic mass is 9.78. The fraction of sp³-hybridized carbons (Fsp3) is 0.900. The topological polar surface area (TPSA) is 12.0 Å². The molecule has 0 aromatic rings. The molecular formula is C20H39N. The molecule has 0 radical (unpaired) electrons. The highest BCUT2D eigenvalue weighted by Crippen LogP contribution is 2.32. The second-order valence-electron chi connectivity index (χ2n) is 7.49. The lowest BCUT2D eigenvalue weighted by Crippen LogP contribution is -2.27. The predicted molar refractivity (Wildman–Crippen MR) is 95.6 cm³/mol. The van der Waals surface area contributed by atoms with Crippen LogP contribution in [0.25, 0.3) is 0 Å². The molecule has 124 valence electrons. The Morgan fingerprint density at radius 1 is 1.14 bits per heavy atom. The third-order valence-electron chi connectivity index (χ3n) is 5.86. The standard InChI is InChI=1S/C20H39N/c1-6-18-11-8-7-10-17(4)19(13-9-12-18)14-15-20(21-5)16(2)3/h17-21H,2,6-15H2,1,3-5H3. The van der Waals surface area contributed by atoms with E-state index in [4.69, 9.17) is 0 Å². The van der Waals surface area contributed by atoms with Crippen molar-refractivity contribution in [2.75, 3.05) is 7.05 Å². The van der Waals surface area contributed by atoms with Crippen molar-refractivity contribution in [3.63, 3.8) is 0 Å². The highest BCUT2D eigenvalue weighted by molar-refractivity contribution is 5.00. The van der Waals surface area contributed by atoms with Crippen LogP contribution in [-0.4, -0.2) is 13.1 Å². The molecular weight excluding hydrogens is 254 g/mol. The van der Waals surface area contributed by atoms with Crippen LogP contribution in [0.3, 0.4) is 0 Å². The predicted octanol–water partition coefficient (Wildman–Crippen LogP) is 5.95. The quantitative estimate of drug-likeness (QED) is 0.596. The zero-order valence-electron chi connectivity index (χ0n) is 15.1. The molecule has 4 atom stereocenters. The van der Waals surface area contributed by atoms with E-state index in [1.54, 1.807) is 0 Å². The number of hydrogen-bond acceptors (Lipinski definition) is 1. The molecule has 0 aromatic carbocycles. The molecule has 0 heterocycles. The van der Waals surface area contributed by atoms with Gasteiger partial charge in [0.1, 0.15) is 0 Å². The zero-order chi connectivity index (χ0) is 15.7. The summed E-state index contributed by atoms with van der Waals surface area (Å²) < 4.78 is 0. The minimum atomic E-state index is 0.510. The van der Waals surface area contributed by atoms with Crippen molar-refractivity contribution in [3.8, 4) is 0 Å². The third kappa shape index (κ3) is 7.00. The molecule has 1 aliphatic rings. The molecule has 1 heteroatoms. The average molecular weight is 294 g/mol. The molecule has 0 aliphatic heterocycles. The van der Waals surface area contributed by atoms with E-state index in [1.165, 1.54) is 69.8 Å². The van der Waals surface area contributed by atoms with Gasteiger partial charge < -0.3 is 5.32 Å². The van der Waals surface area contributed by atoms with Crippen LogP contribution in [0.15, 0.2) is 12.2 Å². The monoisotopic (exact) mass is 293 g/mol.